The first-order valence-electron chi connectivity index (χ1n) is 7.37. The summed E-state index contributed by atoms with van der Waals surface area (Å²) in [7, 11) is 0. The molecule has 0 aromatic rings. The van der Waals surface area contributed by atoms with Gasteiger partial charge in [-0.1, -0.05) is 49.0 Å². The Morgan fingerprint density at radius 2 is 1.59 bits per heavy atom. The van der Waals surface area contributed by atoms with E-state index in [-0.39, 0.29) is 5.60 Å². The van der Waals surface area contributed by atoms with Crippen LogP contribution in [0.25, 0.3) is 0 Å². The highest BCUT2D eigenvalue weighted by atomic mass is 79.9. The van der Waals surface area contributed by atoms with Gasteiger partial charge in [-0.2, -0.15) is 0 Å². The summed E-state index contributed by atoms with van der Waals surface area (Å²) in [5, 5.41) is 1.03. The monoisotopic (exact) mass is 302 g/mol. The molecule has 100 valence electrons. The van der Waals surface area contributed by atoms with Crippen molar-refractivity contribution in [3.05, 3.63) is 0 Å². The lowest BCUT2D eigenvalue weighted by atomic mass is 9.80. The van der Waals surface area contributed by atoms with Crippen molar-refractivity contribution in [2.45, 2.75) is 76.9 Å². The van der Waals surface area contributed by atoms with E-state index in [1.165, 1.54) is 51.4 Å². The van der Waals surface area contributed by atoms with Crippen LogP contribution in [-0.2, 0) is 4.74 Å². The van der Waals surface area contributed by atoms with Gasteiger partial charge >= 0.3 is 0 Å². The van der Waals surface area contributed by atoms with Crippen molar-refractivity contribution >= 4 is 15.9 Å². The van der Waals surface area contributed by atoms with Crippen molar-refractivity contribution < 1.29 is 4.74 Å². The standard InChI is InChI=1S/C15H27BrO/c1-12-8-13(2)10-14(9-12)17-15(11-16)6-4-3-5-7-15/h12-14H,3-11H2,1-2H3. The number of hydrogen-bond acceptors (Lipinski definition) is 1. The molecule has 2 saturated carbocycles. The van der Waals surface area contributed by atoms with Crippen LogP contribution in [0.15, 0.2) is 0 Å². The molecule has 0 heterocycles. The summed E-state index contributed by atoms with van der Waals surface area (Å²) in [6, 6.07) is 0. The zero-order valence-electron chi connectivity index (χ0n) is 11.4. The molecule has 0 aliphatic heterocycles. The molecule has 0 aromatic carbocycles. The fourth-order valence-corrected chi connectivity index (χ4v) is 4.49. The summed E-state index contributed by atoms with van der Waals surface area (Å²) in [5.41, 5.74) is 0.166. The van der Waals surface area contributed by atoms with Crippen LogP contribution in [0.5, 0.6) is 0 Å². The molecule has 1 nitrogen and oxygen atoms in total. The third-order valence-electron chi connectivity index (χ3n) is 4.56. The van der Waals surface area contributed by atoms with Gasteiger partial charge in [0.05, 0.1) is 11.7 Å². The van der Waals surface area contributed by atoms with Gasteiger partial charge in [0.15, 0.2) is 0 Å². The van der Waals surface area contributed by atoms with Crippen LogP contribution in [0, 0.1) is 11.8 Å². The van der Waals surface area contributed by atoms with Crippen molar-refractivity contribution in [2.75, 3.05) is 5.33 Å². The Bertz CT molecular complexity index is 225. The van der Waals surface area contributed by atoms with Crippen LogP contribution >= 0.6 is 15.9 Å². The number of hydrogen-bond donors (Lipinski definition) is 0. The number of halogens is 1. The average molecular weight is 303 g/mol. The van der Waals surface area contributed by atoms with Crippen molar-refractivity contribution in [1.82, 2.24) is 0 Å². The van der Waals surface area contributed by atoms with E-state index >= 15 is 0 Å². The maximum absolute atomic E-state index is 6.56. The SMILES string of the molecule is CC1CC(C)CC(OC2(CBr)CCCCC2)C1. The molecule has 0 amide bonds. The molecule has 2 aliphatic rings. The van der Waals surface area contributed by atoms with Gasteiger partial charge in [-0.05, 0) is 43.9 Å². The Hall–Kier alpha value is 0.440. The van der Waals surface area contributed by atoms with E-state index in [2.05, 4.69) is 29.8 Å². The fraction of sp³-hybridized carbons (Fsp3) is 1.00. The highest BCUT2D eigenvalue weighted by Gasteiger charge is 2.36. The summed E-state index contributed by atoms with van der Waals surface area (Å²) in [6.45, 7) is 4.77. The van der Waals surface area contributed by atoms with Gasteiger partial charge in [0.2, 0.25) is 0 Å². The second kappa shape index (κ2) is 6.06. The second-order valence-corrected chi connectivity index (χ2v) is 7.10. The summed E-state index contributed by atoms with van der Waals surface area (Å²) in [6.07, 6.45) is 11.1. The number of ether oxygens (including phenoxy) is 1. The van der Waals surface area contributed by atoms with E-state index in [4.69, 9.17) is 4.74 Å². The lowest BCUT2D eigenvalue weighted by Gasteiger charge is -2.42. The molecule has 2 atom stereocenters. The molecule has 0 spiro atoms. The molecule has 2 heteroatoms. The van der Waals surface area contributed by atoms with Gasteiger partial charge in [-0.25, -0.2) is 0 Å². The molecule has 0 aromatic heterocycles. The predicted octanol–water partition coefficient (Wildman–Crippen LogP) is 4.93. The predicted molar refractivity (Wildman–Crippen MR) is 76.7 cm³/mol. The van der Waals surface area contributed by atoms with E-state index in [0.29, 0.717) is 6.10 Å². The first-order valence-corrected chi connectivity index (χ1v) is 8.49. The first-order chi connectivity index (χ1) is 8.13. The van der Waals surface area contributed by atoms with Crippen molar-refractivity contribution in [1.29, 1.82) is 0 Å². The molecule has 17 heavy (non-hydrogen) atoms. The lowest BCUT2D eigenvalue weighted by molar-refractivity contribution is -0.120. The minimum Gasteiger partial charge on any atom is -0.371 e. The molecule has 2 rings (SSSR count). The molecule has 0 saturated heterocycles. The van der Waals surface area contributed by atoms with Crippen molar-refractivity contribution in [3.63, 3.8) is 0 Å². The second-order valence-electron chi connectivity index (χ2n) is 6.53. The first kappa shape index (κ1) is 13.9. The van der Waals surface area contributed by atoms with Gasteiger partial charge in [0.1, 0.15) is 0 Å². The highest BCUT2D eigenvalue weighted by Crippen LogP contribution is 2.38. The molecular formula is C15H27BrO. The van der Waals surface area contributed by atoms with Crippen LogP contribution in [0.3, 0.4) is 0 Å². The molecule has 2 aliphatic carbocycles. The zero-order valence-corrected chi connectivity index (χ0v) is 13.0. The summed E-state index contributed by atoms with van der Waals surface area (Å²) in [4.78, 5) is 0. The van der Waals surface area contributed by atoms with Gasteiger partial charge in [-0.3, -0.25) is 0 Å². The normalized spacial score (nSPS) is 37.9. The highest BCUT2D eigenvalue weighted by molar-refractivity contribution is 9.09. The van der Waals surface area contributed by atoms with Crippen LogP contribution in [0.2, 0.25) is 0 Å². The summed E-state index contributed by atoms with van der Waals surface area (Å²) in [5.74, 6) is 1.69. The van der Waals surface area contributed by atoms with Gasteiger partial charge in [0, 0.05) is 5.33 Å². The Kier molecular flexibility index (Phi) is 4.94. The maximum atomic E-state index is 6.56. The Balaban J connectivity index is 1.93. The molecule has 2 fully saturated rings. The summed E-state index contributed by atoms with van der Waals surface area (Å²) >= 11 is 3.70. The fourth-order valence-electron chi connectivity index (χ4n) is 3.80. The van der Waals surface area contributed by atoms with Crippen LogP contribution < -0.4 is 0 Å². The molecular weight excluding hydrogens is 276 g/mol. The van der Waals surface area contributed by atoms with Crippen molar-refractivity contribution in [3.8, 4) is 0 Å². The Morgan fingerprint density at radius 1 is 1.00 bits per heavy atom. The quantitative estimate of drug-likeness (QED) is 0.672. The van der Waals surface area contributed by atoms with Crippen LogP contribution in [0.1, 0.15) is 65.2 Å². The minimum atomic E-state index is 0.166. The van der Waals surface area contributed by atoms with E-state index in [1.54, 1.807) is 0 Å². The van der Waals surface area contributed by atoms with Crippen molar-refractivity contribution in [2.24, 2.45) is 11.8 Å². The van der Waals surface area contributed by atoms with Gasteiger partial charge in [-0.15, -0.1) is 0 Å². The third-order valence-corrected chi connectivity index (χ3v) is 5.58. The smallest absolute Gasteiger partial charge is 0.0782 e. The zero-order chi connectivity index (χ0) is 12.3. The minimum absolute atomic E-state index is 0.166. The summed E-state index contributed by atoms with van der Waals surface area (Å²) < 4.78 is 6.56. The molecule has 0 N–H and O–H groups in total. The van der Waals surface area contributed by atoms with E-state index < -0.39 is 0 Å². The largest absolute Gasteiger partial charge is 0.371 e. The number of alkyl halides is 1. The average Bonchev–Trinajstić information content (AvgIpc) is 2.29. The molecule has 2 unspecified atom stereocenters. The number of rotatable bonds is 3. The maximum Gasteiger partial charge on any atom is 0.0782 e. The van der Waals surface area contributed by atoms with Crippen LogP contribution in [0.4, 0.5) is 0 Å². The van der Waals surface area contributed by atoms with E-state index in [0.717, 1.165) is 17.2 Å². The van der Waals surface area contributed by atoms with Gasteiger partial charge < -0.3 is 4.74 Å². The topological polar surface area (TPSA) is 9.23 Å². The van der Waals surface area contributed by atoms with Gasteiger partial charge in [0.25, 0.3) is 0 Å². The van der Waals surface area contributed by atoms with Crippen LogP contribution in [-0.4, -0.2) is 17.0 Å². The lowest BCUT2D eigenvalue weighted by Crippen LogP contribution is -2.42. The molecule has 0 bridgehead atoms. The van der Waals surface area contributed by atoms with E-state index in [9.17, 15) is 0 Å². The Morgan fingerprint density at radius 3 is 2.12 bits per heavy atom. The van der Waals surface area contributed by atoms with E-state index in [1.807, 2.05) is 0 Å². The Labute approximate surface area is 115 Å². The third kappa shape index (κ3) is 3.70. The molecule has 0 radical (unpaired) electrons.